The topological polar surface area (TPSA) is 173 Å². The zero-order chi connectivity index (χ0) is 40.5. The fourth-order valence-electron chi connectivity index (χ4n) is 7.78. The third-order valence-electron chi connectivity index (χ3n) is 11.5. The van der Waals surface area contributed by atoms with E-state index in [1.54, 1.807) is 72.8 Å². The number of H-pyrrole nitrogens is 1. The summed E-state index contributed by atoms with van der Waals surface area (Å²) in [6.45, 7) is 3.67. The highest BCUT2D eigenvalue weighted by molar-refractivity contribution is 5.94. The minimum atomic E-state index is -2.01. The number of likely N-dealkylation sites (tertiary alicyclic amines) is 1. The molecule has 5 aromatic rings. The Labute approximate surface area is 337 Å². The van der Waals surface area contributed by atoms with Crippen molar-refractivity contribution < 1.29 is 34.4 Å². The number of aliphatic hydroxyl groups is 2. The highest BCUT2D eigenvalue weighted by atomic mass is 16.5. The molecular formula is C46H52N4O8. The van der Waals surface area contributed by atoms with Crippen LogP contribution in [0.25, 0.3) is 10.9 Å². The largest absolute Gasteiger partial charge is 0.506 e. The summed E-state index contributed by atoms with van der Waals surface area (Å²) in [5.41, 5.74) is 0.711. The van der Waals surface area contributed by atoms with Crippen molar-refractivity contribution in [3.05, 3.63) is 141 Å². The van der Waals surface area contributed by atoms with Crippen molar-refractivity contribution in [2.75, 3.05) is 39.4 Å². The van der Waals surface area contributed by atoms with Gasteiger partial charge in [-0.2, -0.15) is 0 Å². The van der Waals surface area contributed by atoms with Gasteiger partial charge in [0.1, 0.15) is 11.5 Å². The Morgan fingerprint density at radius 3 is 2.40 bits per heavy atom. The summed E-state index contributed by atoms with van der Waals surface area (Å²) in [6.07, 6.45) is 5.47. The van der Waals surface area contributed by atoms with Gasteiger partial charge in [-0.1, -0.05) is 67.1 Å². The van der Waals surface area contributed by atoms with Crippen molar-refractivity contribution in [2.24, 2.45) is 5.92 Å². The number of amides is 1. The van der Waals surface area contributed by atoms with Crippen LogP contribution in [-0.2, 0) is 21.7 Å². The lowest BCUT2D eigenvalue weighted by Gasteiger charge is -2.41. The molecule has 0 bridgehead atoms. The highest BCUT2D eigenvalue weighted by Crippen LogP contribution is 2.35. The molecule has 1 aliphatic carbocycles. The van der Waals surface area contributed by atoms with Crippen LogP contribution in [0.2, 0.25) is 0 Å². The van der Waals surface area contributed by atoms with Crippen LogP contribution in [0.3, 0.4) is 0 Å². The first-order valence-corrected chi connectivity index (χ1v) is 20.2. The van der Waals surface area contributed by atoms with Crippen LogP contribution in [-0.4, -0.2) is 82.5 Å². The van der Waals surface area contributed by atoms with Crippen LogP contribution in [0.1, 0.15) is 77.2 Å². The van der Waals surface area contributed by atoms with Crippen molar-refractivity contribution in [1.82, 2.24) is 20.5 Å². The average Bonchev–Trinajstić information content (AvgIpc) is 3.23. The maximum atomic E-state index is 13.7. The number of hydrogen-bond acceptors (Lipinski definition) is 10. The van der Waals surface area contributed by atoms with Gasteiger partial charge in [-0.05, 0) is 104 Å². The molecule has 12 heteroatoms. The number of aromatic hydroxyl groups is 1. The van der Waals surface area contributed by atoms with E-state index < -0.39 is 17.7 Å². The number of phenolic OH excluding ortho intramolecular Hbond substituents is 1. The molecule has 4 aromatic carbocycles. The minimum absolute atomic E-state index is 0.0647. The Morgan fingerprint density at radius 2 is 1.66 bits per heavy atom. The third-order valence-corrected chi connectivity index (χ3v) is 11.5. The Balaban J connectivity index is 0.858. The van der Waals surface area contributed by atoms with Crippen LogP contribution < -0.4 is 20.9 Å². The summed E-state index contributed by atoms with van der Waals surface area (Å²) in [5, 5.41) is 39.7. The van der Waals surface area contributed by atoms with Crippen LogP contribution >= 0.6 is 0 Å². The maximum Gasteiger partial charge on any atom is 0.347 e. The van der Waals surface area contributed by atoms with Gasteiger partial charge in [0.15, 0.2) is 0 Å². The second kappa shape index (κ2) is 18.8. The normalized spacial score (nSPS) is 16.6. The molecule has 1 saturated carbocycles. The number of nitrogens with one attached hydrogen (secondary N) is 3. The number of carbonyl (C=O) groups excluding carboxylic acids is 2. The molecule has 58 heavy (non-hydrogen) atoms. The highest BCUT2D eigenvalue weighted by Gasteiger charge is 2.42. The van der Waals surface area contributed by atoms with Crippen molar-refractivity contribution in [3.63, 3.8) is 0 Å². The molecular weight excluding hydrogens is 737 g/mol. The number of rotatable bonds is 17. The number of fused-ring (bicyclic) bond motifs is 1. The van der Waals surface area contributed by atoms with Crippen molar-refractivity contribution in [1.29, 1.82) is 0 Å². The number of ether oxygens (including phenoxy) is 2. The molecule has 1 unspecified atom stereocenters. The molecule has 6 N–H and O–H groups in total. The number of aromatic amines is 1. The minimum Gasteiger partial charge on any atom is -0.506 e. The Kier molecular flexibility index (Phi) is 13.2. The lowest BCUT2D eigenvalue weighted by atomic mass is 9.86. The van der Waals surface area contributed by atoms with Gasteiger partial charge in [0.05, 0.1) is 24.8 Å². The predicted octanol–water partition coefficient (Wildman–Crippen LogP) is 5.30. The van der Waals surface area contributed by atoms with E-state index in [0.717, 1.165) is 31.5 Å². The number of aromatic nitrogens is 1. The summed E-state index contributed by atoms with van der Waals surface area (Å²) in [4.78, 5) is 43.5. The number of benzene rings is 4. The van der Waals surface area contributed by atoms with Gasteiger partial charge >= 0.3 is 5.97 Å². The fourth-order valence-corrected chi connectivity index (χ4v) is 7.78. The van der Waals surface area contributed by atoms with Gasteiger partial charge in [-0.15, -0.1) is 0 Å². The van der Waals surface area contributed by atoms with Crippen molar-refractivity contribution in [2.45, 2.75) is 62.8 Å². The predicted molar refractivity (Wildman–Crippen MR) is 221 cm³/mol. The molecule has 2 aliphatic rings. The van der Waals surface area contributed by atoms with E-state index in [1.165, 1.54) is 31.4 Å². The lowest BCUT2D eigenvalue weighted by Crippen LogP contribution is -2.45. The maximum absolute atomic E-state index is 13.7. The number of phenols is 1. The smallest absolute Gasteiger partial charge is 0.347 e. The van der Waals surface area contributed by atoms with E-state index in [2.05, 4.69) is 20.5 Å². The second-order valence-electron chi connectivity index (χ2n) is 15.4. The molecule has 2 heterocycles. The molecule has 0 radical (unpaired) electrons. The van der Waals surface area contributed by atoms with Gasteiger partial charge in [0.25, 0.3) is 5.91 Å². The first-order valence-electron chi connectivity index (χ1n) is 20.2. The third kappa shape index (κ3) is 9.59. The lowest BCUT2D eigenvalue weighted by molar-refractivity contribution is -0.164. The SMILES string of the molecule is O=C(NCCCOc1cccc(C(O)(C(=O)OCC2CCN(C3CCC3)CC2)c2ccccc2)c1)c1ccc(CNC[C@H](O)c2ccc(O)c3[nH]c(=O)ccc23)cc1. The van der Waals surface area contributed by atoms with Crippen molar-refractivity contribution >= 4 is 22.8 Å². The summed E-state index contributed by atoms with van der Waals surface area (Å²) in [7, 11) is 0. The number of hydrogen-bond donors (Lipinski definition) is 6. The molecule has 0 spiro atoms. The fraction of sp³-hybridized carbons (Fsp3) is 0.370. The van der Waals surface area contributed by atoms with Gasteiger partial charge in [0.2, 0.25) is 11.2 Å². The number of pyridine rings is 1. The Morgan fingerprint density at radius 1 is 0.897 bits per heavy atom. The Hall–Kier alpha value is -5.53. The Bertz CT molecular complexity index is 2220. The molecule has 1 aliphatic heterocycles. The average molecular weight is 789 g/mol. The molecule has 304 valence electrons. The summed E-state index contributed by atoms with van der Waals surface area (Å²) < 4.78 is 11.9. The van der Waals surface area contributed by atoms with E-state index in [1.807, 2.05) is 18.2 Å². The molecule has 12 nitrogen and oxygen atoms in total. The molecule has 2 atom stereocenters. The van der Waals surface area contributed by atoms with Crippen molar-refractivity contribution in [3.8, 4) is 11.5 Å². The van der Waals surface area contributed by atoms with Gasteiger partial charge in [-0.25, -0.2) is 4.79 Å². The first-order chi connectivity index (χ1) is 28.2. The number of nitrogens with zero attached hydrogens (tertiary/aromatic N) is 1. The van der Waals surface area contributed by atoms with Crippen LogP contribution in [0.4, 0.5) is 0 Å². The number of esters is 1. The molecule has 2 fully saturated rings. The quantitative estimate of drug-likeness (QED) is 0.0537. The summed E-state index contributed by atoms with van der Waals surface area (Å²) in [5.74, 6) is -0.239. The first kappa shape index (κ1) is 40.7. The zero-order valence-corrected chi connectivity index (χ0v) is 32.6. The van der Waals surface area contributed by atoms with Gasteiger partial charge < -0.3 is 45.3 Å². The van der Waals surface area contributed by atoms with E-state index in [-0.39, 0.29) is 41.8 Å². The van der Waals surface area contributed by atoms with E-state index in [9.17, 15) is 29.7 Å². The summed E-state index contributed by atoms with van der Waals surface area (Å²) >= 11 is 0. The zero-order valence-electron chi connectivity index (χ0n) is 32.6. The molecule has 7 rings (SSSR count). The monoisotopic (exact) mass is 788 g/mol. The van der Waals surface area contributed by atoms with E-state index in [4.69, 9.17) is 9.47 Å². The molecule has 1 aromatic heterocycles. The van der Waals surface area contributed by atoms with E-state index in [0.29, 0.717) is 65.5 Å². The van der Waals surface area contributed by atoms with Crippen LogP contribution in [0.5, 0.6) is 11.5 Å². The summed E-state index contributed by atoms with van der Waals surface area (Å²) in [6, 6.07) is 29.6. The van der Waals surface area contributed by atoms with Gasteiger partial charge in [-0.3, -0.25) is 9.59 Å². The second-order valence-corrected chi connectivity index (χ2v) is 15.4. The van der Waals surface area contributed by atoms with Crippen LogP contribution in [0.15, 0.2) is 108 Å². The number of carbonyl (C=O) groups is 2. The van der Waals surface area contributed by atoms with E-state index >= 15 is 0 Å². The standard InChI is InChI=1S/C46H52N4O8/c51-40-19-17-38(39-18-20-42(53)49-43(39)40)41(52)29-47-28-31-13-15-33(16-14-31)44(54)48-23-6-26-57-37-12-4-9-35(27-37)46(56,34-7-2-1-3-8-34)45(55)58-30-32-21-24-50(25-22-32)36-10-5-11-36/h1-4,7-9,12-20,27,32,36,41,47,51-52,56H,5-6,10-11,21-26,28-30H2,(H,48,54)(H,49,53)/t41-,46?/m0/s1. The van der Waals surface area contributed by atoms with Gasteiger partial charge in [0, 0.05) is 48.3 Å². The number of aliphatic hydroxyl groups excluding tert-OH is 1. The molecule has 1 amide bonds. The molecule has 1 saturated heterocycles. The number of piperidine rings is 1. The van der Waals surface area contributed by atoms with Crippen LogP contribution in [0, 0.1) is 5.92 Å².